The van der Waals surface area contributed by atoms with E-state index in [1.807, 2.05) is 42.8 Å². The van der Waals surface area contributed by atoms with Gasteiger partial charge >= 0.3 is 0 Å². The highest BCUT2D eigenvalue weighted by Gasteiger charge is 2.13. The molecule has 0 unspecified atom stereocenters. The molecule has 2 aromatic carbocycles. The molecule has 0 atom stereocenters. The van der Waals surface area contributed by atoms with Crippen LogP contribution in [-0.2, 0) is 11.3 Å². The fraction of sp³-hybridized carbons (Fsp3) is 0.200. The fourth-order valence-corrected chi connectivity index (χ4v) is 2.97. The molecule has 0 fully saturated rings. The van der Waals surface area contributed by atoms with Crippen molar-refractivity contribution < 1.29 is 9.18 Å². The molecule has 0 bridgehead atoms. The number of rotatable bonds is 7. The first-order chi connectivity index (χ1) is 12.7. The van der Waals surface area contributed by atoms with Gasteiger partial charge in [0.15, 0.2) is 0 Å². The van der Waals surface area contributed by atoms with Gasteiger partial charge in [0.2, 0.25) is 5.91 Å². The van der Waals surface area contributed by atoms with E-state index in [0.29, 0.717) is 13.0 Å². The molecule has 3 aromatic rings. The lowest BCUT2D eigenvalue weighted by molar-refractivity contribution is -0.120. The first-order valence-corrected chi connectivity index (χ1v) is 9.72. The van der Waals surface area contributed by atoms with Crippen molar-refractivity contribution in [2.45, 2.75) is 13.0 Å². The molecule has 1 heterocycles. The zero-order valence-corrected chi connectivity index (χ0v) is 15.3. The van der Waals surface area contributed by atoms with Crippen LogP contribution in [0.3, 0.4) is 0 Å². The maximum atomic E-state index is 13.3. The van der Waals surface area contributed by atoms with E-state index in [2.05, 4.69) is 10.4 Å². The summed E-state index contributed by atoms with van der Waals surface area (Å²) in [4.78, 5) is 11.9. The van der Waals surface area contributed by atoms with Crippen molar-refractivity contribution in [2.24, 2.45) is 0 Å². The third kappa shape index (κ3) is 4.52. The first kappa shape index (κ1) is 18.2. The molecular formula is C20H20FN3OS. The number of benzene rings is 2. The Morgan fingerprint density at radius 3 is 2.58 bits per heavy atom. The van der Waals surface area contributed by atoms with Gasteiger partial charge in [-0.05, 0) is 42.7 Å². The number of thioether (sulfide) groups is 1. The van der Waals surface area contributed by atoms with Gasteiger partial charge in [-0.25, -0.2) is 9.07 Å². The van der Waals surface area contributed by atoms with Crippen LogP contribution in [0.5, 0.6) is 0 Å². The van der Waals surface area contributed by atoms with Crippen molar-refractivity contribution in [3.05, 3.63) is 72.2 Å². The minimum absolute atomic E-state index is 0.0110. The van der Waals surface area contributed by atoms with Crippen molar-refractivity contribution in [3.63, 3.8) is 0 Å². The molecule has 1 N–H and O–H groups in total. The second-order valence-electron chi connectivity index (χ2n) is 5.81. The van der Waals surface area contributed by atoms with Crippen molar-refractivity contribution in [3.8, 4) is 16.9 Å². The topological polar surface area (TPSA) is 46.9 Å². The van der Waals surface area contributed by atoms with Crippen molar-refractivity contribution in [1.82, 2.24) is 15.1 Å². The van der Waals surface area contributed by atoms with E-state index in [1.165, 1.54) is 12.1 Å². The number of para-hydroxylation sites is 1. The zero-order valence-electron chi connectivity index (χ0n) is 14.5. The maximum Gasteiger partial charge on any atom is 0.221 e. The molecule has 3 rings (SSSR count). The summed E-state index contributed by atoms with van der Waals surface area (Å²) >= 11 is 1.64. The van der Waals surface area contributed by atoms with E-state index >= 15 is 0 Å². The summed E-state index contributed by atoms with van der Waals surface area (Å²) in [6.07, 6.45) is 4.37. The Morgan fingerprint density at radius 2 is 1.88 bits per heavy atom. The average molecular weight is 369 g/mol. The number of nitrogens with one attached hydrogen (secondary N) is 1. The number of carbonyl (C=O) groups excluding carboxylic acids is 1. The predicted octanol–water partition coefficient (Wildman–Crippen LogP) is 4.05. The molecular weight excluding hydrogens is 349 g/mol. The summed E-state index contributed by atoms with van der Waals surface area (Å²) in [7, 11) is 0. The molecule has 0 aliphatic carbocycles. The van der Waals surface area contributed by atoms with Crippen LogP contribution in [0.25, 0.3) is 16.9 Å². The largest absolute Gasteiger partial charge is 0.352 e. The third-order valence-electron chi connectivity index (χ3n) is 3.94. The Balaban J connectivity index is 1.89. The van der Waals surface area contributed by atoms with Crippen LogP contribution in [0.4, 0.5) is 4.39 Å². The molecule has 26 heavy (non-hydrogen) atoms. The highest BCUT2D eigenvalue weighted by atomic mass is 32.2. The number of nitrogens with zero attached hydrogens (tertiary/aromatic N) is 2. The summed E-state index contributed by atoms with van der Waals surface area (Å²) in [6.45, 7) is 0.382. The van der Waals surface area contributed by atoms with E-state index in [0.717, 1.165) is 28.3 Å². The van der Waals surface area contributed by atoms with Gasteiger partial charge in [0.1, 0.15) is 5.82 Å². The highest BCUT2D eigenvalue weighted by Crippen LogP contribution is 2.24. The second kappa shape index (κ2) is 8.67. The number of aromatic nitrogens is 2. The molecule has 4 nitrogen and oxygen atoms in total. The smallest absolute Gasteiger partial charge is 0.221 e. The van der Waals surface area contributed by atoms with Crippen molar-refractivity contribution in [1.29, 1.82) is 0 Å². The lowest BCUT2D eigenvalue weighted by Crippen LogP contribution is -2.23. The van der Waals surface area contributed by atoms with Gasteiger partial charge in [-0.3, -0.25) is 4.79 Å². The molecule has 0 saturated carbocycles. The molecule has 1 aromatic heterocycles. The molecule has 0 aliphatic heterocycles. The van der Waals surface area contributed by atoms with Crippen LogP contribution in [0.1, 0.15) is 12.0 Å². The summed E-state index contributed by atoms with van der Waals surface area (Å²) in [5, 5.41) is 7.60. The van der Waals surface area contributed by atoms with E-state index < -0.39 is 0 Å². The Hall–Kier alpha value is -2.60. The number of hydrogen-bond donors (Lipinski definition) is 1. The quantitative estimate of drug-likeness (QED) is 0.683. The van der Waals surface area contributed by atoms with Crippen molar-refractivity contribution >= 4 is 17.7 Å². The van der Waals surface area contributed by atoms with E-state index in [1.54, 1.807) is 28.6 Å². The van der Waals surface area contributed by atoms with E-state index in [4.69, 9.17) is 0 Å². The van der Waals surface area contributed by atoms with E-state index in [-0.39, 0.29) is 11.7 Å². The monoisotopic (exact) mass is 369 g/mol. The Bertz CT molecular complexity index is 863. The Labute approximate surface area is 156 Å². The lowest BCUT2D eigenvalue weighted by atomic mass is 10.1. The molecule has 0 aliphatic rings. The normalized spacial score (nSPS) is 10.7. The fourth-order valence-electron chi connectivity index (χ4n) is 2.58. The SMILES string of the molecule is CSCCC(=O)NCc1cn(-c2ccccc2)nc1-c1ccc(F)cc1. The van der Waals surface area contributed by atoms with Crippen LogP contribution < -0.4 is 5.32 Å². The minimum Gasteiger partial charge on any atom is -0.352 e. The van der Waals surface area contributed by atoms with Crippen LogP contribution in [0, 0.1) is 5.82 Å². The van der Waals surface area contributed by atoms with Crippen LogP contribution in [0.15, 0.2) is 60.8 Å². The molecule has 0 spiro atoms. The van der Waals surface area contributed by atoms with Gasteiger partial charge in [0.05, 0.1) is 11.4 Å². The summed E-state index contributed by atoms with van der Waals surface area (Å²) in [5.41, 5.74) is 3.36. The van der Waals surface area contributed by atoms with Crippen LogP contribution in [-0.4, -0.2) is 27.7 Å². The predicted molar refractivity (Wildman–Crippen MR) is 104 cm³/mol. The number of carbonyl (C=O) groups is 1. The second-order valence-corrected chi connectivity index (χ2v) is 6.80. The Morgan fingerprint density at radius 1 is 1.15 bits per heavy atom. The standard InChI is InChI=1S/C20H20FN3OS/c1-26-12-11-19(25)22-13-16-14-24(18-5-3-2-4-6-18)23-20(16)15-7-9-17(21)10-8-15/h2-10,14H,11-13H2,1H3,(H,22,25). The average Bonchev–Trinajstić information content (AvgIpc) is 3.10. The third-order valence-corrected chi connectivity index (χ3v) is 4.55. The van der Waals surface area contributed by atoms with Gasteiger partial charge in [-0.1, -0.05) is 18.2 Å². The number of amides is 1. The van der Waals surface area contributed by atoms with E-state index in [9.17, 15) is 9.18 Å². The van der Waals surface area contributed by atoms with Gasteiger partial charge in [0.25, 0.3) is 0 Å². The van der Waals surface area contributed by atoms with Crippen LogP contribution >= 0.6 is 11.8 Å². The number of halogens is 1. The maximum absolute atomic E-state index is 13.3. The van der Waals surface area contributed by atoms with Crippen LogP contribution in [0.2, 0.25) is 0 Å². The zero-order chi connectivity index (χ0) is 18.4. The lowest BCUT2D eigenvalue weighted by Gasteiger charge is -2.05. The van der Waals surface area contributed by atoms with Gasteiger partial charge in [-0.2, -0.15) is 16.9 Å². The highest BCUT2D eigenvalue weighted by molar-refractivity contribution is 7.98. The molecule has 0 saturated heterocycles. The molecule has 1 amide bonds. The van der Waals surface area contributed by atoms with Gasteiger partial charge < -0.3 is 5.32 Å². The summed E-state index contributed by atoms with van der Waals surface area (Å²) in [5.74, 6) is 0.514. The molecule has 134 valence electrons. The first-order valence-electron chi connectivity index (χ1n) is 8.33. The Kier molecular flexibility index (Phi) is 6.07. The summed E-state index contributed by atoms with van der Waals surface area (Å²) < 4.78 is 15.0. The van der Waals surface area contributed by atoms with Crippen molar-refractivity contribution in [2.75, 3.05) is 12.0 Å². The molecule has 0 radical (unpaired) electrons. The number of hydrogen-bond acceptors (Lipinski definition) is 3. The molecule has 6 heteroatoms. The summed E-state index contributed by atoms with van der Waals surface area (Å²) in [6, 6.07) is 16.0. The van der Waals surface area contributed by atoms with Gasteiger partial charge in [-0.15, -0.1) is 0 Å². The van der Waals surface area contributed by atoms with Gasteiger partial charge in [0, 0.05) is 36.0 Å². The minimum atomic E-state index is -0.289.